The summed E-state index contributed by atoms with van der Waals surface area (Å²) in [5.41, 5.74) is 15.4. The van der Waals surface area contributed by atoms with Crippen molar-refractivity contribution < 1.29 is 4.79 Å². The van der Waals surface area contributed by atoms with E-state index in [1.807, 2.05) is 36.4 Å². The van der Waals surface area contributed by atoms with Crippen LogP contribution in [0.3, 0.4) is 0 Å². The molecular formula is C45H32N4O. The van der Waals surface area contributed by atoms with Gasteiger partial charge in [0.2, 0.25) is 0 Å². The molecule has 0 atom stereocenters. The Morgan fingerprint density at radius 3 is 1.90 bits per heavy atom. The Kier molecular flexibility index (Phi) is 6.52. The summed E-state index contributed by atoms with van der Waals surface area (Å²) in [5.74, 6) is -0.324. The minimum atomic E-state index is -0.626. The van der Waals surface area contributed by atoms with Crippen molar-refractivity contribution in [3.63, 3.8) is 0 Å². The summed E-state index contributed by atoms with van der Waals surface area (Å²) in [6, 6.07) is 48.6. The van der Waals surface area contributed by atoms with Gasteiger partial charge in [-0.2, -0.15) is 15.4 Å². The minimum absolute atomic E-state index is 0.0979. The Morgan fingerprint density at radius 1 is 0.660 bits per heavy atom. The summed E-state index contributed by atoms with van der Waals surface area (Å²) < 4.78 is 0. The van der Waals surface area contributed by atoms with Crippen LogP contribution in [0.4, 0.5) is 22.7 Å². The van der Waals surface area contributed by atoms with Crippen LogP contribution in [0.2, 0.25) is 0 Å². The molecule has 9 rings (SSSR count). The van der Waals surface area contributed by atoms with Crippen molar-refractivity contribution in [2.75, 3.05) is 9.91 Å². The standard InChI is InChI=1S/C45H32N4O/c1-28-23-29(2)43(30(3)24-28)48-41-20-12-11-19-38(41)45(36-17-9-7-15-33(36)34-16-8-10-18-37(34)45)39-26-31(21-22-42(39)48)25-35-40(27-46)47-49(44(35)50)32-13-5-4-6-14-32/h4-26H,1-3H3/b35-25-. The number of benzene rings is 6. The van der Waals surface area contributed by atoms with Crippen molar-refractivity contribution in [2.24, 2.45) is 5.10 Å². The molecule has 50 heavy (non-hydrogen) atoms. The van der Waals surface area contributed by atoms with Gasteiger partial charge in [-0.15, -0.1) is 0 Å². The second-order valence-electron chi connectivity index (χ2n) is 13.3. The van der Waals surface area contributed by atoms with E-state index in [0.717, 1.165) is 28.2 Å². The number of rotatable bonds is 3. The number of aryl methyl sites for hydroxylation is 3. The maximum atomic E-state index is 13.8. The van der Waals surface area contributed by atoms with Crippen LogP contribution in [0.1, 0.15) is 44.5 Å². The molecule has 0 N–H and O–H groups in total. The number of carbonyl (C=O) groups is 1. The first-order chi connectivity index (χ1) is 24.4. The molecular weight excluding hydrogens is 613 g/mol. The molecule has 6 aromatic rings. The predicted molar refractivity (Wildman–Crippen MR) is 201 cm³/mol. The second kappa shape index (κ2) is 11.0. The summed E-state index contributed by atoms with van der Waals surface area (Å²) in [6.45, 7) is 6.52. The lowest BCUT2D eigenvalue weighted by Gasteiger charge is -2.46. The number of anilines is 4. The molecule has 1 spiro atoms. The smallest absolute Gasteiger partial charge is 0.281 e. The fraction of sp³-hybridized carbons (Fsp3) is 0.0889. The number of nitrogens with zero attached hydrogens (tertiary/aromatic N) is 4. The van der Waals surface area contributed by atoms with Crippen LogP contribution < -0.4 is 9.91 Å². The van der Waals surface area contributed by atoms with Crippen LogP contribution in [-0.4, -0.2) is 11.6 Å². The van der Waals surface area contributed by atoms with Crippen LogP contribution in [0, 0.1) is 32.1 Å². The Labute approximate surface area is 291 Å². The van der Waals surface area contributed by atoms with E-state index in [4.69, 9.17) is 0 Å². The van der Waals surface area contributed by atoms with Crippen LogP contribution >= 0.6 is 0 Å². The minimum Gasteiger partial charge on any atom is -0.309 e. The molecule has 5 heteroatoms. The summed E-state index contributed by atoms with van der Waals surface area (Å²) in [4.78, 5) is 16.2. The van der Waals surface area contributed by atoms with Gasteiger partial charge in [-0.3, -0.25) is 4.79 Å². The lowest BCUT2D eigenvalue weighted by atomic mass is 9.64. The van der Waals surface area contributed by atoms with Gasteiger partial charge in [0.1, 0.15) is 6.07 Å². The highest BCUT2D eigenvalue weighted by Gasteiger charge is 2.51. The van der Waals surface area contributed by atoms with Crippen molar-refractivity contribution in [1.29, 1.82) is 5.26 Å². The molecule has 5 nitrogen and oxygen atoms in total. The molecule has 2 aliphatic heterocycles. The largest absolute Gasteiger partial charge is 0.309 e. The average molecular weight is 645 g/mol. The fourth-order valence-electron chi connectivity index (χ4n) is 8.52. The van der Waals surface area contributed by atoms with Gasteiger partial charge in [-0.05, 0) is 107 Å². The molecule has 0 radical (unpaired) electrons. The Balaban J connectivity index is 1.34. The zero-order chi connectivity index (χ0) is 34.1. The lowest BCUT2D eigenvalue weighted by Crippen LogP contribution is -2.36. The van der Waals surface area contributed by atoms with Crippen LogP contribution in [0.15, 0.2) is 144 Å². The SMILES string of the molecule is Cc1cc(C)c(N2c3ccccc3C3(c4ccccc4-c4ccccc43)c3cc(/C=C4\C(=O)N(c5ccccc5)N=C4C#N)ccc32)c(C)c1. The first-order valence-corrected chi connectivity index (χ1v) is 16.8. The van der Waals surface area contributed by atoms with Gasteiger partial charge < -0.3 is 4.90 Å². The van der Waals surface area contributed by atoms with Crippen molar-refractivity contribution in [3.8, 4) is 17.2 Å². The van der Waals surface area contributed by atoms with E-state index in [1.165, 1.54) is 49.5 Å². The summed E-state index contributed by atoms with van der Waals surface area (Å²) in [5, 5.41) is 15.8. The topological polar surface area (TPSA) is 59.7 Å². The van der Waals surface area contributed by atoms with Crippen molar-refractivity contribution >= 4 is 40.4 Å². The number of fused-ring (bicyclic) bond motifs is 9. The first kappa shape index (κ1) is 29.6. The van der Waals surface area contributed by atoms with E-state index in [-0.39, 0.29) is 17.2 Å². The van der Waals surface area contributed by atoms with Gasteiger partial charge in [0.15, 0.2) is 5.71 Å². The van der Waals surface area contributed by atoms with Gasteiger partial charge in [0, 0.05) is 0 Å². The first-order valence-electron chi connectivity index (χ1n) is 16.8. The Hall–Kier alpha value is -6.51. The van der Waals surface area contributed by atoms with E-state index in [2.05, 4.69) is 140 Å². The van der Waals surface area contributed by atoms with Crippen molar-refractivity contribution in [1.82, 2.24) is 0 Å². The average Bonchev–Trinajstić information content (AvgIpc) is 3.61. The third-order valence-corrected chi connectivity index (χ3v) is 10.3. The number of hydrogen-bond donors (Lipinski definition) is 0. The Bertz CT molecular complexity index is 2450. The van der Waals surface area contributed by atoms with E-state index in [0.29, 0.717) is 5.69 Å². The van der Waals surface area contributed by atoms with Gasteiger partial charge in [0.25, 0.3) is 5.91 Å². The summed E-state index contributed by atoms with van der Waals surface area (Å²) in [6.07, 6.45) is 1.82. The monoisotopic (exact) mass is 644 g/mol. The summed E-state index contributed by atoms with van der Waals surface area (Å²) >= 11 is 0. The number of hydrazone groups is 1. The van der Waals surface area contributed by atoms with Crippen LogP contribution in [-0.2, 0) is 10.2 Å². The molecule has 0 saturated heterocycles. The van der Waals surface area contributed by atoms with Gasteiger partial charge in [0.05, 0.1) is 33.7 Å². The molecule has 6 aromatic carbocycles. The second-order valence-corrected chi connectivity index (χ2v) is 13.3. The summed E-state index contributed by atoms with van der Waals surface area (Å²) in [7, 11) is 0. The molecule has 0 bridgehead atoms. The molecule has 0 unspecified atom stereocenters. The third kappa shape index (κ3) is 4.06. The molecule has 2 heterocycles. The molecule has 3 aliphatic rings. The van der Waals surface area contributed by atoms with Gasteiger partial charge in [-0.25, -0.2) is 0 Å². The molecule has 1 amide bonds. The number of nitriles is 1. The highest BCUT2D eigenvalue weighted by Crippen LogP contribution is 2.63. The Morgan fingerprint density at radius 2 is 1.24 bits per heavy atom. The normalized spacial score (nSPS) is 15.8. The number of amides is 1. The van der Waals surface area contributed by atoms with E-state index in [1.54, 1.807) is 0 Å². The maximum Gasteiger partial charge on any atom is 0.281 e. The highest BCUT2D eigenvalue weighted by atomic mass is 16.2. The third-order valence-electron chi connectivity index (χ3n) is 10.3. The highest BCUT2D eigenvalue weighted by molar-refractivity contribution is 6.37. The van der Waals surface area contributed by atoms with E-state index >= 15 is 0 Å². The molecule has 0 saturated carbocycles. The van der Waals surface area contributed by atoms with Gasteiger partial charge >= 0.3 is 0 Å². The maximum absolute atomic E-state index is 13.8. The van der Waals surface area contributed by atoms with Gasteiger partial charge in [-0.1, -0.05) is 109 Å². The number of para-hydroxylation sites is 2. The molecule has 0 fully saturated rings. The lowest BCUT2D eigenvalue weighted by molar-refractivity contribution is -0.114. The zero-order valence-corrected chi connectivity index (χ0v) is 28.0. The molecule has 0 aromatic heterocycles. The van der Waals surface area contributed by atoms with Crippen LogP contribution in [0.5, 0.6) is 0 Å². The number of carbonyl (C=O) groups excluding carboxylic acids is 1. The molecule has 238 valence electrons. The predicted octanol–water partition coefficient (Wildman–Crippen LogP) is 10.1. The van der Waals surface area contributed by atoms with Crippen LogP contribution in [0.25, 0.3) is 17.2 Å². The quantitative estimate of drug-likeness (QED) is 0.180. The number of hydrogen-bond acceptors (Lipinski definition) is 4. The fourth-order valence-corrected chi connectivity index (χ4v) is 8.52. The van der Waals surface area contributed by atoms with E-state index < -0.39 is 5.41 Å². The van der Waals surface area contributed by atoms with Crippen molar-refractivity contribution in [3.05, 3.63) is 184 Å². The van der Waals surface area contributed by atoms with E-state index in [9.17, 15) is 10.1 Å². The zero-order valence-electron chi connectivity index (χ0n) is 28.0. The van der Waals surface area contributed by atoms with Crippen molar-refractivity contribution in [2.45, 2.75) is 26.2 Å². The molecule has 1 aliphatic carbocycles.